The molecule has 2 rings (SSSR count). The second-order valence-electron chi connectivity index (χ2n) is 7.64. The Labute approximate surface area is 140 Å². The van der Waals surface area contributed by atoms with Gasteiger partial charge in [-0.3, -0.25) is 0 Å². The van der Waals surface area contributed by atoms with E-state index in [1.54, 1.807) is 0 Å². The van der Waals surface area contributed by atoms with Gasteiger partial charge in [0.1, 0.15) is 0 Å². The van der Waals surface area contributed by atoms with Crippen LogP contribution in [0.25, 0.3) is 10.9 Å². The van der Waals surface area contributed by atoms with Gasteiger partial charge in [-0.25, -0.2) is 0 Å². The molecule has 2 nitrogen and oxygen atoms in total. The van der Waals surface area contributed by atoms with E-state index in [-0.39, 0.29) is 5.04 Å². The lowest BCUT2D eigenvalue weighted by Crippen LogP contribution is -2.41. The highest BCUT2D eigenvalue weighted by Gasteiger charge is 2.36. The predicted octanol–water partition coefficient (Wildman–Crippen LogP) is 5.70. The predicted molar refractivity (Wildman–Crippen MR) is 99.5 cm³/mol. The highest BCUT2D eigenvalue weighted by molar-refractivity contribution is 6.74. The summed E-state index contributed by atoms with van der Waals surface area (Å²) in [6.45, 7) is 14.4. The maximum atomic E-state index is 6.34. The first-order valence-corrected chi connectivity index (χ1v) is 11.2. The molecular weight excluding hydrogens is 310 g/mol. The monoisotopic (exact) mass is 337 g/mol. The summed E-state index contributed by atoms with van der Waals surface area (Å²) in [5.41, 5.74) is 3.90. The van der Waals surface area contributed by atoms with E-state index in [9.17, 15) is 0 Å². The number of halogens is 1. The molecule has 0 bridgehead atoms. The minimum atomic E-state index is -1.68. The molecule has 1 aromatic heterocycles. The molecule has 0 N–H and O–H groups in total. The molecule has 0 aliphatic rings. The van der Waals surface area contributed by atoms with E-state index in [2.05, 4.69) is 64.5 Å². The lowest BCUT2D eigenvalue weighted by atomic mass is 10.1. The van der Waals surface area contributed by atoms with Crippen LogP contribution >= 0.6 is 11.6 Å². The van der Waals surface area contributed by atoms with Gasteiger partial charge >= 0.3 is 0 Å². The van der Waals surface area contributed by atoms with Gasteiger partial charge < -0.3 is 8.99 Å². The quantitative estimate of drug-likeness (QED) is 0.652. The highest BCUT2D eigenvalue weighted by atomic mass is 35.5. The molecule has 1 heterocycles. The van der Waals surface area contributed by atoms with Gasteiger partial charge in [-0.2, -0.15) is 0 Å². The van der Waals surface area contributed by atoms with Crippen molar-refractivity contribution in [2.75, 3.05) is 6.61 Å². The fourth-order valence-corrected chi connectivity index (χ4v) is 3.78. The van der Waals surface area contributed by atoms with Crippen LogP contribution < -0.4 is 0 Å². The zero-order valence-electron chi connectivity index (χ0n) is 14.9. The van der Waals surface area contributed by atoms with Crippen molar-refractivity contribution < 1.29 is 4.43 Å². The number of hydrogen-bond acceptors (Lipinski definition) is 1. The zero-order valence-corrected chi connectivity index (χ0v) is 16.6. The van der Waals surface area contributed by atoms with E-state index in [0.717, 1.165) is 18.1 Å². The first-order valence-electron chi connectivity index (χ1n) is 7.92. The van der Waals surface area contributed by atoms with Crippen molar-refractivity contribution in [2.45, 2.75) is 52.2 Å². The summed E-state index contributed by atoms with van der Waals surface area (Å²) in [4.78, 5) is 0. The molecule has 0 aliphatic heterocycles. The molecule has 2 aromatic rings. The summed E-state index contributed by atoms with van der Waals surface area (Å²) < 4.78 is 8.58. The minimum Gasteiger partial charge on any atom is -0.416 e. The Morgan fingerprint density at radius 1 is 1.23 bits per heavy atom. The molecule has 0 amide bonds. The van der Waals surface area contributed by atoms with Gasteiger partial charge in [0, 0.05) is 35.3 Å². The molecule has 0 atom stereocenters. The minimum absolute atomic E-state index is 0.254. The van der Waals surface area contributed by atoms with Crippen LogP contribution in [0.15, 0.2) is 18.2 Å². The van der Waals surface area contributed by atoms with Crippen LogP contribution in [0.5, 0.6) is 0 Å². The van der Waals surface area contributed by atoms with Crippen molar-refractivity contribution in [1.29, 1.82) is 0 Å². The zero-order chi connectivity index (χ0) is 16.7. The molecule has 22 heavy (non-hydrogen) atoms. The van der Waals surface area contributed by atoms with Crippen LogP contribution in [0, 0.1) is 6.92 Å². The molecule has 0 spiro atoms. The maximum absolute atomic E-state index is 6.34. The molecule has 122 valence electrons. The molecule has 0 unspecified atom stereocenters. The molecule has 4 heteroatoms. The van der Waals surface area contributed by atoms with Crippen LogP contribution in [0.1, 0.15) is 32.0 Å². The Bertz CT molecular complexity index is 682. The average molecular weight is 338 g/mol. The maximum Gasteiger partial charge on any atom is 0.191 e. The second kappa shape index (κ2) is 6.03. The average Bonchev–Trinajstić information content (AvgIpc) is 2.62. The molecule has 1 aromatic carbocycles. The first-order chi connectivity index (χ1) is 10.0. The number of nitrogens with zero attached hydrogens (tertiary/aromatic N) is 1. The van der Waals surface area contributed by atoms with E-state index >= 15 is 0 Å². The van der Waals surface area contributed by atoms with Gasteiger partial charge in [0.2, 0.25) is 0 Å². The third-order valence-electron chi connectivity index (χ3n) is 5.21. The summed E-state index contributed by atoms with van der Waals surface area (Å²) in [6, 6.07) is 6.13. The van der Waals surface area contributed by atoms with Crippen molar-refractivity contribution in [2.24, 2.45) is 7.05 Å². The molecule has 0 aliphatic carbocycles. The van der Waals surface area contributed by atoms with Crippen LogP contribution in [0.2, 0.25) is 23.2 Å². The topological polar surface area (TPSA) is 14.2 Å². The third-order valence-corrected chi connectivity index (χ3v) is 9.98. The van der Waals surface area contributed by atoms with E-state index in [4.69, 9.17) is 16.0 Å². The van der Waals surface area contributed by atoms with Crippen molar-refractivity contribution in [3.8, 4) is 0 Å². The van der Waals surface area contributed by atoms with Crippen molar-refractivity contribution in [3.05, 3.63) is 34.5 Å². The van der Waals surface area contributed by atoms with Gasteiger partial charge in [0.25, 0.3) is 0 Å². The number of fused-ring (bicyclic) bond motifs is 1. The molecule has 0 radical (unpaired) electrons. The number of benzene rings is 1. The second-order valence-corrected chi connectivity index (χ2v) is 12.9. The smallest absolute Gasteiger partial charge is 0.191 e. The van der Waals surface area contributed by atoms with Gasteiger partial charge in [0.05, 0.1) is 0 Å². The van der Waals surface area contributed by atoms with E-state index in [1.807, 2.05) is 6.07 Å². The summed E-state index contributed by atoms with van der Waals surface area (Å²) in [5.74, 6) is 0. The summed E-state index contributed by atoms with van der Waals surface area (Å²) in [5, 5.41) is 2.31. The molecule has 0 saturated heterocycles. The lowest BCUT2D eigenvalue weighted by Gasteiger charge is -2.36. The van der Waals surface area contributed by atoms with E-state index < -0.39 is 8.32 Å². The summed E-state index contributed by atoms with van der Waals surface area (Å²) in [6.07, 6.45) is 0.941. The fourth-order valence-electron chi connectivity index (χ4n) is 2.56. The Balaban J connectivity index is 2.22. The SMILES string of the molecule is Cc1c(CCO[Si](C)(C)C(C)(C)C)c2cc(Cl)ccc2n1C. The van der Waals surface area contributed by atoms with Gasteiger partial charge in [-0.15, -0.1) is 0 Å². The van der Waals surface area contributed by atoms with Crippen molar-refractivity contribution in [1.82, 2.24) is 4.57 Å². The van der Waals surface area contributed by atoms with Gasteiger partial charge in [-0.05, 0) is 55.2 Å². The third kappa shape index (κ3) is 3.27. The van der Waals surface area contributed by atoms with Crippen LogP contribution in [0.4, 0.5) is 0 Å². The Hall–Kier alpha value is -0.773. The summed E-state index contributed by atoms with van der Waals surface area (Å²) in [7, 11) is 0.434. The van der Waals surface area contributed by atoms with Gasteiger partial charge in [0.15, 0.2) is 8.32 Å². The van der Waals surface area contributed by atoms with Crippen molar-refractivity contribution >= 4 is 30.8 Å². The molecule has 0 saturated carbocycles. The van der Waals surface area contributed by atoms with E-state index in [1.165, 1.54) is 22.2 Å². The lowest BCUT2D eigenvalue weighted by molar-refractivity contribution is 0.292. The summed E-state index contributed by atoms with van der Waals surface area (Å²) >= 11 is 6.19. The Morgan fingerprint density at radius 3 is 2.45 bits per heavy atom. The van der Waals surface area contributed by atoms with E-state index in [0.29, 0.717) is 0 Å². The van der Waals surface area contributed by atoms with Crippen LogP contribution in [-0.4, -0.2) is 19.5 Å². The number of aromatic nitrogens is 1. The number of rotatable bonds is 4. The number of hydrogen-bond donors (Lipinski definition) is 0. The Kier molecular flexibility index (Phi) is 4.81. The van der Waals surface area contributed by atoms with Crippen LogP contribution in [-0.2, 0) is 17.9 Å². The van der Waals surface area contributed by atoms with Gasteiger partial charge in [-0.1, -0.05) is 32.4 Å². The standard InChI is InChI=1S/C18H28ClNOSi/c1-13-15(10-11-21-22(6,7)18(2,3)4)16-12-14(19)8-9-17(16)20(13)5/h8-9,12H,10-11H2,1-7H3. The van der Waals surface area contributed by atoms with Crippen molar-refractivity contribution in [3.63, 3.8) is 0 Å². The number of aryl methyl sites for hydroxylation is 1. The van der Waals surface area contributed by atoms with Crippen LogP contribution in [0.3, 0.4) is 0 Å². The molecular formula is C18H28ClNOSi. The largest absolute Gasteiger partial charge is 0.416 e. The molecule has 0 fully saturated rings. The Morgan fingerprint density at radius 2 is 1.86 bits per heavy atom. The fraction of sp³-hybridized carbons (Fsp3) is 0.556. The first kappa shape index (κ1) is 17.6. The normalized spacial score (nSPS) is 13.1. The highest BCUT2D eigenvalue weighted by Crippen LogP contribution is 2.37.